The molecule has 21 heavy (non-hydrogen) atoms. The number of benzene rings is 1. The fourth-order valence-electron chi connectivity index (χ4n) is 1.84. The van der Waals surface area contributed by atoms with Crippen LogP contribution >= 0.6 is 11.3 Å². The first-order chi connectivity index (χ1) is 10.2. The lowest BCUT2D eigenvalue weighted by molar-refractivity contribution is -0.122. The van der Waals surface area contributed by atoms with Gasteiger partial charge in [0.05, 0.1) is 6.61 Å². The zero-order valence-electron chi connectivity index (χ0n) is 11.8. The third-order valence-corrected chi connectivity index (χ3v) is 3.64. The van der Waals surface area contributed by atoms with E-state index in [9.17, 15) is 4.79 Å². The average Bonchev–Trinajstić information content (AvgIpc) is 2.92. The highest BCUT2D eigenvalue weighted by atomic mass is 32.1. The number of nitrogen functional groups attached to an aromatic ring is 1. The molecule has 0 radical (unpaired) electrons. The largest absolute Gasteiger partial charge is 0.381 e. The van der Waals surface area contributed by atoms with Crippen molar-refractivity contribution in [1.29, 1.82) is 0 Å². The minimum Gasteiger partial charge on any atom is -0.381 e. The Morgan fingerprint density at radius 3 is 2.76 bits per heavy atom. The molecule has 0 aliphatic heterocycles. The number of carbonyl (C=O) groups is 1. The van der Waals surface area contributed by atoms with E-state index in [0.29, 0.717) is 29.8 Å². The minimum atomic E-state index is -0.338. The molecule has 1 aromatic heterocycles. The van der Waals surface area contributed by atoms with Gasteiger partial charge in [-0.15, -0.1) is 10.2 Å². The standard InChI is InChI=1S/C14H18N4O2S/c1-2-20-9-8-11(19)16-12(10-6-4-3-5-7-10)13-17-18-14(15)21-13/h3-7,12H,2,8-9H2,1H3,(H2,15,18)(H,16,19)/t12-/m0/s1. The van der Waals surface area contributed by atoms with Gasteiger partial charge < -0.3 is 15.8 Å². The van der Waals surface area contributed by atoms with Gasteiger partial charge in [0.25, 0.3) is 0 Å². The van der Waals surface area contributed by atoms with Crippen molar-refractivity contribution in [3.05, 3.63) is 40.9 Å². The van der Waals surface area contributed by atoms with Crippen LogP contribution < -0.4 is 11.1 Å². The van der Waals surface area contributed by atoms with Gasteiger partial charge in [0.15, 0.2) is 0 Å². The molecule has 1 atom stereocenters. The van der Waals surface area contributed by atoms with Crippen LogP contribution in [0.3, 0.4) is 0 Å². The second-order valence-corrected chi connectivity index (χ2v) is 5.38. The molecule has 0 aliphatic carbocycles. The van der Waals surface area contributed by atoms with E-state index in [1.54, 1.807) is 0 Å². The first-order valence-electron chi connectivity index (χ1n) is 6.71. The van der Waals surface area contributed by atoms with Crippen LogP contribution in [0.15, 0.2) is 30.3 Å². The average molecular weight is 306 g/mol. The highest BCUT2D eigenvalue weighted by molar-refractivity contribution is 7.15. The number of aromatic nitrogens is 2. The monoisotopic (exact) mass is 306 g/mol. The van der Waals surface area contributed by atoms with Crippen LogP contribution in [0.4, 0.5) is 5.13 Å². The maximum absolute atomic E-state index is 12.0. The Balaban J connectivity index is 2.11. The Kier molecular flexibility index (Phi) is 5.65. The second kappa shape index (κ2) is 7.70. The van der Waals surface area contributed by atoms with Gasteiger partial charge in [-0.05, 0) is 12.5 Å². The molecule has 1 aromatic carbocycles. The molecule has 0 aliphatic rings. The van der Waals surface area contributed by atoms with Crippen molar-refractivity contribution in [2.24, 2.45) is 0 Å². The number of carbonyl (C=O) groups excluding carboxylic acids is 1. The fraction of sp³-hybridized carbons (Fsp3) is 0.357. The van der Waals surface area contributed by atoms with E-state index in [1.807, 2.05) is 37.3 Å². The van der Waals surface area contributed by atoms with E-state index in [1.165, 1.54) is 11.3 Å². The van der Waals surface area contributed by atoms with Crippen molar-refractivity contribution >= 4 is 22.4 Å². The Hall–Kier alpha value is -1.99. The van der Waals surface area contributed by atoms with Gasteiger partial charge in [0.2, 0.25) is 11.0 Å². The van der Waals surface area contributed by atoms with E-state index < -0.39 is 0 Å². The summed E-state index contributed by atoms with van der Waals surface area (Å²) in [5.74, 6) is -0.0916. The Morgan fingerprint density at radius 2 is 2.14 bits per heavy atom. The number of nitrogens with one attached hydrogen (secondary N) is 1. The first-order valence-corrected chi connectivity index (χ1v) is 7.53. The fourth-order valence-corrected chi connectivity index (χ4v) is 2.53. The van der Waals surface area contributed by atoms with Crippen LogP contribution in [0.25, 0.3) is 0 Å². The number of nitrogens with zero attached hydrogens (tertiary/aromatic N) is 2. The van der Waals surface area contributed by atoms with E-state index in [2.05, 4.69) is 15.5 Å². The van der Waals surface area contributed by atoms with Crippen molar-refractivity contribution in [1.82, 2.24) is 15.5 Å². The molecule has 6 nitrogen and oxygen atoms in total. The third-order valence-electron chi connectivity index (χ3n) is 2.82. The Bertz CT molecular complexity index is 573. The van der Waals surface area contributed by atoms with Crippen molar-refractivity contribution in [3.63, 3.8) is 0 Å². The van der Waals surface area contributed by atoms with Gasteiger partial charge in [-0.1, -0.05) is 41.7 Å². The zero-order chi connectivity index (χ0) is 15.1. The van der Waals surface area contributed by atoms with E-state index in [4.69, 9.17) is 10.5 Å². The highest BCUT2D eigenvalue weighted by Gasteiger charge is 2.20. The third kappa shape index (κ3) is 4.51. The van der Waals surface area contributed by atoms with Gasteiger partial charge in [0.1, 0.15) is 11.0 Å². The number of rotatable bonds is 7. The maximum atomic E-state index is 12.0. The summed E-state index contributed by atoms with van der Waals surface area (Å²) in [5, 5.41) is 11.9. The zero-order valence-corrected chi connectivity index (χ0v) is 12.6. The number of amides is 1. The van der Waals surface area contributed by atoms with Gasteiger partial charge >= 0.3 is 0 Å². The number of ether oxygens (including phenoxy) is 1. The van der Waals surface area contributed by atoms with Crippen LogP contribution in [0.2, 0.25) is 0 Å². The van der Waals surface area contributed by atoms with E-state index in [-0.39, 0.29) is 11.9 Å². The molecule has 7 heteroatoms. The summed E-state index contributed by atoms with van der Waals surface area (Å²) < 4.78 is 5.20. The molecule has 1 heterocycles. The summed E-state index contributed by atoms with van der Waals surface area (Å²) in [4.78, 5) is 12.0. The minimum absolute atomic E-state index is 0.0916. The molecule has 0 spiro atoms. The number of hydrogen-bond acceptors (Lipinski definition) is 6. The molecule has 0 unspecified atom stereocenters. The van der Waals surface area contributed by atoms with Crippen molar-refractivity contribution in [2.75, 3.05) is 18.9 Å². The van der Waals surface area contributed by atoms with Crippen LogP contribution in [0.5, 0.6) is 0 Å². The lowest BCUT2D eigenvalue weighted by Crippen LogP contribution is -2.30. The summed E-state index contributed by atoms with van der Waals surface area (Å²) in [6.07, 6.45) is 0.311. The maximum Gasteiger partial charge on any atom is 0.223 e. The predicted molar refractivity (Wildman–Crippen MR) is 81.9 cm³/mol. The SMILES string of the molecule is CCOCCC(=O)N[C@@H](c1ccccc1)c1nnc(N)s1. The number of nitrogens with two attached hydrogens (primary N) is 1. The summed E-state index contributed by atoms with van der Waals surface area (Å²) in [7, 11) is 0. The van der Waals surface area contributed by atoms with Crippen molar-refractivity contribution < 1.29 is 9.53 Å². The molecule has 112 valence electrons. The lowest BCUT2D eigenvalue weighted by atomic mass is 10.1. The quantitative estimate of drug-likeness (QED) is 0.761. The Labute approximate surface area is 127 Å². The first kappa shape index (κ1) is 15.4. The normalized spacial score (nSPS) is 12.0. The van der Waals surface area contributed by atoms with Crippen LogP contribution in [0.1, 0.15) is 30.0 Å². The lowest BCUT2D eigenvalue weighted by Gasteiger charge is -2.16. The summed E-state index contributed by atoms with van der Waals surface area (Å²) >= 11 is 1.27. The van der Waals surface area contributed by atoms with Crippen molar-refractivity contribution in [3.8, 4) is 0 Å². The highest BCUT2D eigenvalue weighted by Crippen LogP contribution is 2.25. The molecule has 0 saturated carbocycles. The molecule has 0 saturated heterocycles. The molecule has 0 bridgehead atoms. The van der Waals surface area contributed by atoms with Crippen LogP contribution in [-0.4, -0.2) is 29.3 Å². The second-order valence-electron chi connectivity index (χ2n) is 4.34. The topological polar surface area (TPSA) is 90.1 Å². The number of anilines is 1. The smallest absolute Gasteiger partial charge is 0.223 e. The molecule has 2 aromatic rings. The van der Waals surface area contributed by atoms with Gasteiger partial charge in [-0.3, -0.25) is 4.79 Å². The van der Waals surface area contributed by atoms with Crippen molar-refractivity contribution in [2.45, 2.75) is 19.4 Å². The Morgan fingerprint density at radius 1 is 1.38 bits per heavy atom. The van der Waals surface area contributed by atoms with Gasteiger partial charge in [-0.25, -0.2) is 0 Å². The number of hydrogen-bond donors (Lipinski definition) is 2. The molecular formula is C14H18N4O2S. The molecule has 3 N–H and O–H groups in total. The van der Waals surface area contributed by atoms with Crippen LogP contribution in [0, 0.1) is 0 Å². The van der Waals surface area contributed by atoms with Gasteiger partial charge in [-0.2, -0.15) is 0 Å². The summed E-state index contributed by atoms with van der Waals surface area (Å²) in [6, 6.07) is 9.29. The molecule has 0 fully saturated rings. The van der Waals surface area contributed by atoms with E-state index >= 15 is 0 Å². The predicted octanol–water partition coefficient (Wildman–Crippen LogP) is 1.75. The molecule has 2 rings (SSSR count). The summed E-state index contributed by atoms with van der Waals surface area (Å²) in [5.41, 5.74) is 6.58. The van der Waals surface area contributed by atoms with E-state index in [0.717, 1.165) is 5.56 Å². The summed E-state index contributed by atoms with van der Waals surface area (Å²) in [6.45, 7) is 2.90. The van der Waals surface area contributed by atoms with Gasteiger partial charge in [0, 0.05) is 13.0 Å². The molecule has 1 amide bonds. The molecular weight excluding hydrogens is 288 g/mol. The van der Waals surface area contributed by atoms with Crippen LogP contribution in [-0.2, 0) is 9.53 Å².